The number of aromatic amines is 1. The van der Waals surface area contributed by atoms with E-state index in [0.29, 0.717) is 31.0 Å². The third kappa shape index (κ3) is 3.80. The lowest BCUT2D eigenvalue weighted by molar-refractivity contribution is -0.144. The molecule has 28 heavy (non-hydrogen) atoms. The van der Waals surface area contributed by atoms with Crippen LogP contribution in [0.1, 0.15) is 11.4 Å². The van der Waals surface area contributed by atoms with Crippen LogP contribution in [-0.4, -0.2) is 23.1 Å². The lowest BCUT2D eigenvalue weighted by Gasteiger charge is -2.10. The molecule has 4 rings (SSSR count). The van der Waals surface area contributed by atoms with E-state index in [-0.39, 0.29) is 5.52 Å². The van der Waals surface area contributed by atoms with Crippen molar-refractivity contribution in [3.8, 4) is 5.75 Å². The number of fused-ring (bicyclic) bond motifs is 2. The number of hydrogen-bond donors (Lipinski definition) is 2. The van der Waals surface area contributed by atoms with Crippen LogP contribution >= 0.6 is 0 Å². The standard InChI is InChI=1S/C21H18F3N3O/c22-21(23,24)20-26-17-9-4-10-18(19(17)27-20)28-12-11-25-13-15-7-3-6-14-5-1-2-8-16(14)15/h1-10,25H,11-13H2,(H,26,27). The smallest absolute Gasteiger partial charge is 0.449 e. The molecule has 2 N–H and O–H groups in total. The van der Waals surface area contributed by atoms with Gasteiger partial charge in [0.25, 0.3) is 0 Å². The second kappa shape index (κ2) is 7.52. The molecule has 0 atom stereocenters. The molecule has 0 amide bonds. The Hall–Kier alpha value is -3.06. The van der Waals surface area contributed by atoms with Crippen LogP contribution in [0.5, 0.6) is 5.75 Å². The summed E-state index contributed by atoms with van der Waals surface area (Å²) in [5.41, 5.74) is 1.67. The molecule has 4 nitrogen and oxygen atoms in total. The van der Waals surface area contributed by atoms with E-state index in [2.05, 4.69) is 39.6 Å². The fourth-order valence-corrected chi connectivity index (χ4v) is 3.16. The molecule has 0 saturated carbocycles. The molecule has 0 bridgehead atoms. The summed E-state index contributed by atoms with van der Waals surface area (Å²) in [6.07, 6.45) is -4.52. The number of benzene rings is 3. The van der Waals surface area contributed by atoms with Gasteiger partial charge in [0, 0.05) is 13.1 Å². The van der Waals surface area contributed by atoms with E-state index >= 15 is 0 Å². The van der Waals surface area contributed by atoms with Gasteiger partial charge in [0.05, 0.1) is 5.52 Å². The summed E-state index contributed by atoms with van der Waals surface area (Å²) >= 11 is 0. The lowest BCUT2D eigenvalue weighted by Crippen LogP contribution is -2.20. The van der Waals surface area contributed by atoms with Gasteiger partial charge in [-0.25, -0.2) is 4.98 Å². The summed E-state index contributed by atoms with van der Waals surface area (Å²) in [5.74, 6) is -0.691. The molecule has 7 heteroatoms. The number of halogens is 3. The molecular formula is C21H18F3N3O. The number of H-pyrrole nitrogens is 1. The zero-order valence-corrected chi connectivity index (χ0v) is 14.9. The summed E-state index contributed by atoms with van der Waals surface area (Å²) < 4.78 is 44.2. The maximum Gasteiger partial charge on any atom is 0.449 e. The van der Waals surface area contributed by atoms with Gasteiger partial charge < -0.3 is 15.0 Å². The largest absolute Gasteiger partial charge is 0.490 e. The monoisotopic (exact) mass is 385 g/mol. The number of imidazole rings is 1. The Morgan fingerprint density at radius 2 is 1.75 bits per heavy atom. The molecule has 1 heterocycles. The van der Waals surface area contributed by atoms with Crippen molar-refractivity contribution in [3.05, 3.63) is 72.1 Å². The van der Waals surface area contributed by atoms with Crippen molar-refractivity contribution in [1.82, 2.24) is 15.3 Å². The second-order valence-electron chi connectivity index (χ2n) is 6.40. The molecule has 1 aromatic heterocycles. The SMILES string of the molecule is FC(F)(F)c1nc2c(OCCNCc3cccc4ccccc34)cccc2[nH]1. The zero-order valence-electron chi connectivity index (χ0n) is 14.9. The zero-order chi connectivity index (χ0) is 19.6. The number of para-hydroxylation sites is 1. The minimum absolute atomic E-state index is 0.184. The summed E-state index contributed by atoms with van der Waals surface area (Å²) in [6, 6.07) is 19.1. The Bertz CT molecular complexity index is 1100. The minimum atomic E-state index is -4.52. The Balaban J connectivity index is 1.37. The van der Waals surface area contributed by atoms with Crippen molar-refractivity contribution < 1.29 is 17.9 Å². The maximum absolute atomic E-state index is 12.8. The molecule has 144 valence electrons. The average Bonchev–Trinajstić information content (AvgIpc) is 3.13. The Kier molecular flexibility index (Phi) is 4.92. The number of nitrogens with one attached hydrogen (secondary N) is 2. The van der Waals surface area contributed by atoms with Crippen LogP contribution in [0.15, 0.2) is 60.7 Å². The van der Waals surface area contributed by atoms with Crippen molar-refractivity contribution in [2.45, 2.75) is 12.7 Å². The Labute approximate surface area is 159 Å². The highest BCUT2D eigenvalue weighted by molar-refractivity contribution is 5.85. The van der Waals surface area contributed by atoms with Crippen LogP contribution < -0.4 is 10.1 Å². The van der Waals surface area contributed by atoms with Gasteiger partial charge in [-0.1, -0.05) is 48.5 Å². The van der Waals surface area contributed by atoms with E-state index < -0.39 is 12.0 Å². The Morgan fingerprint density at radius 3 is 2.61 bits per heavy atom. The molecule has 3 aromatic carbocycles. The van der Waals surface area contributed by atoms with E-state index in [4.69, 9.17) is 4.74 Å². The maximum atomic E-state index is 12.8. The van der Waals surface area contributed by atoms with E-state index in [1.54, 1.807) is 18.2 Å². The van der Waals surface area contributed by atoms with Crippen LogP contribution in [-0.2, 0) is 12.7 Å². The van der Waals surface area contributed by atoms with Crippen molar-refractivity contribution >= 4 is 21.8 Å². The van der Waals surface area contributed by atoms with Crippen LogP contribution in [0.4, 0.5) is 13.2 Å². The number of ether oxygens (including phenoxy) is 1. The third-order valence-electron chi connectivity index (χ3n) is 4.48. The molecule has 0 aliphatic heterocycles. The number of rotatable bonds is 6. The molecule has 0 fully saturated rings. The fraction of sp³-hybridized carbons (Fsp3) is 0.190. The second-order valence-corrected chi connectivity index (χ2v) is 6.40. The number of hydrogen-bond acceptors (Lipinski definition) is 3. The van der Waals surface area contributed by atoms with Gasteiger partial charge in [0.15, 0.2) is 0 Å². The van der Waals surface area contributed by atoms with Crippen molar-refractivity contribution in [2.24, 2.45) is 0 Å². The van der Waals surface area contributed by atoms with Gasteiger partial charge >= 0.3 is 6.18 Å². The molecule has 0 saturated heterocycles. The molecule has 0 spiro atoms. The predicted octanol–water partition coefficient (Wildman–Crippen LogP) is 4.90. The van der Waals surface area contributed by atoms with Gasteiger partial charge in [-0.3, -0.25) is 0 Å². The van der Waals surface area contributed by atoms with Gasteiger partial charge in [0.1, 0.15) is 17.9 Å². The van der Waals surface area contributed by atoms with E-state index in [1.165, 1.54) is 16.3 Å². The first-order chi connectivity index (χ1) is 13.5. The molecule has 0 unspecified atom stereocenters. The molecule has 0 aliphatic rings. The average molecular weight is 385 g/mol. The first-order valence-corrected chi connectivity index (χ1v) is 8.88. The molecular weight excluding hydrogens is 367 g/mol. The Morgan fingerprint density at radius 1 is 0.964 bits per heavy atom. The normalized spacial score (nSPS) is 12.0. The van der Waals surface area contributed by atoms with Gasteiger partial charge in [0.2, 0.25) is 5.82 Å². The predicted molar refractivity (Wildman–Crippen MR) is 102 cm³/mol. The third-order valence-corrected chi connectivity index (χ3v) is 4.48. The first kappa shape index (κ1) is 18.3. The van der Waals surface area contributed by atoms with Gasteiger partial charge in [-0.2, -0.15) is 13.2 Å². The topological polar surface area (TPSA) is 49.9 Å². The molecule has 0 radical (unpaired) electrons. The lowest BCUT2D eigenvalue weighted by atomic mass is 10.0. The summed E-state index contributed by atoms with van der Waals surface area (Å²) in [6.45, 7) is 1.55. The van der Waals surface area contributed by atoms with Crippen molar-refractivity contribution in [3.63, 3.8) is 0 Å². The van der Waals surface area contributed by atoms with Crippen molar-refractivity contribution in [1.29, 1.82) is 0 Å². The highest BCUT2D eigenvalue weighted by Gasteiger charge is 2.35. The van der Waals surface area contributed by atoms with Crippen LogP contribution in [0.2, 0.25) is 0 Å². The summed E-state index contributed by atoms with van der Waals surface area (Å²) in [7, 11) is 0. The van der Waals surface area contributed by atoms with Crippen molar-refractivity contribution in [2.75, 3.05) is 13.2 Å². The van der Waals surface area contributed by atoms with Crippen LogP contribution in [0.25, 0.3) is 21.8 Å². The van der Waals surface area contributed by atoms with Crippen LogP contribution in [0, 0.1) is 0 Å². The van der Waals surface area contributed by atoms with Gasteiger partial charge in [-0.05, 0) is 28.5 Å². The highest BCUT2D eigenvalue weighted by Crippen LogP contribution is 2.31. The van der Waals surface area contributed by atoms with E-state index in [9.17, 15) is 13.2 Å². The molecule has 4 aromatic rings. The van der Waals surface area contributed by atoms with Crippen LogP contribution in [0.3, 0.4) is 0 Å². The van der Waals surface area contributed by atoms with E-state index in [0.717, 1.165) is 0 Å². The minimum Gasteiger partial charge on any atom is -0.490 e. The van der Waals surface area contributed by atoms with E-state index in [1.807, 2.05) is 18.2 Å². The number of aromatic nitrogens is 2. The number of nitrogens with zero attached hydrogens (tertiary/aromatic N) is 1. The van der Waals surface area contributed by atoms with Gasteiger partial charge in [-0.15, -0.1) is 0 Å². The highest BCUT2D eigenvalue weighted by atomic mass is 19.4. The summed E-state index contributed by atoms with van der Waals surface area (Å²) in [5, 5.41) is 5.69. The quantitative estimate of drug-likeness (QED) is 0.464. The molecule has 0 aliphatic carbocycles. The first-order valence-electron chi connectivity index (χ1n) is 8.88. The fourth-order valence-electron chi connectivity index (χ4n) is 3.16. The number of alkyl halides is 3. The summed E-state index contributed by atoms with van der Waals surface area (Å²) in [4.78, 5) is 5.92.